The van der Waals surface area contributed by atoms with E-state index in [1.54, 1.807) is 10.9 Å². The Kier molecular flexibility index (Phi) is 5.43. The predicted molar refractivity (Wildman–Crippen MR) is 107 cm³/mol. The lowest BCUT2D eigenvalue weighted by Gasteiger charge is -2.10. The molecule has 8 heteroatoms. The lowest BCUT2D eigenvalue weighted by atomic mass is 10.2. The Balaban J connectivity index is 1.52. The number of hydrogen-bond acceptors (Lipinski definition) is 4. The van der Waals surface area contributed by atoms with Gasteiger partial charge in [-0.15, -0.1) is 10.2 Å². The number of aromatic nitrogens is 5. The van der Waals surface area contributed by atoms with E-state index in [2.05, 4.69) is 25.2 Å². The fourth-order valence-electron chi connectivity index (χ4n) is 3.66. The molecule has 0 unspecified atom stereocenters. The zero-order valence-corrected chi connectivity index (χ0v) is 16.6. The van der Waals surface area contributed by atoms with Crippen molar-refractivity contribution in [2.75, 3.05) is 0 Å². The molecule has 3 heterocycles. The van der Waals surface area contributed by atoms with Gasteiger partial charge in [0.25, 0.3) is 5.91 Å². The van der Waals surface area contributed by atoms with Crippen LogP contribution >= 0.6 is 11.6 Å². The molecule has 146 valence electrons. The van der Waals surface area contributed by atoms with Gasteiger partial charge in [-0.05, 0) is 37.5 Å². The van der Waals surface area contributed by atoms with Gasteiger partial charge in [0.15, 0.2) is 5.82 Å². The Hall–Kier alpha value is -2.67. The molecular weight excluding hydrogens is 376 g/mol. The number of carbonyl (C=O) groups is 1. The van der Waals surface area contributed by atoms with Crippen LogP contribution in [0.5, 0.6) is 0 Å². The lowest BCUT2D eigenvalue weighted by Crippen LogP contribution is -2.25. The molecule has 0 bridgehead atoms. The van der Waals surface area contributed by atoms with Gasteiger partial charge >= 0.3 is 0 Å². The lowest BCUT2D eigenvalue weighted by molar-refractivity contribution is 0.0948. The van der Waals surface area contributed by atoms with Gasteiger partial charge < -0.3 is 9.88 Å². The van der Waals surface area contributed by atoms with E-state index in [0.29, 0.717) is 23.6 Å². The van der Waals surface area contributed by atoms with Crippen molar-refractivity contribution in [1.82, 2.24) is 29.9 Å². The van der Waals surface area contributed by atoms with Gasteiger partial charge in [0.1, 0.15) is 5.82 Å². The number of fused-ring (bicyclic) bond motifs is 1. The van der Waals surface area contributed by atoms with E-state index in [9.17, 15) is 4.79 Å². The third-order valence-corrected chi connectivity index (χ3v) is 5.33. The number of carbonyl (C=O) groups excluding carboxylic acids is 1. The van der Waals surface area contributed by atoms with Crippen LogP contribution in [-0.4, -0.2) is 30.5 Å². The van der Waals surface area contributed by atoms with E-state index in [0.717, 1.165) is 48.8 Å². The number of hydrogen-bond donors (Lipinski definition) is 1. The fraction of sp³-hybridized carbons (Fsp3) is 0.400. The molecule has 7 nitrogen and oxygen atoms in total. The van der Waals surface area contributed by atoms with Crippen LogP contribution in [0.25, 0.3) is 5.69 Å². The molecule has 1 aliphatic rings. The molecule has 3 aromatic rings. The highest BCUT2D eigenvalue weighted by molar-refractivity contribution is 6.30. The smallest absolute Gasteiger partial charge is 0.255 e. The Morgan fingerprint density at radius 1 is 1.25 bits per heavy atom. The molecule has 1 aromatic carbocycles. The SMILES string of the molecule is CCc1c(C(=O)NCc2nnc3n2CCCCC3)cnn1-c1cccc(Cl)c1. The molecule has 1 aliphatic heterocycles. The minimum atomic E-state index is -0.156. The molecule has 1 amide bonds. The van der Waals surface area contributed by atoms with Crippen molar-refractivity contribution in [2.24, 2.45) is 0 Å². The summed E-state index contributed by atoms with van der Waals surface area (Å²) in [5.41, 5.74) is 2.25. The summed E-state index contributed by atoms with van der Waals surface area (Å²) in [7, 11) is 0. The number of rotatable bonds is 5. The molecule has 0 radical (unpaired) electrons. The van der Waals surface area contributed by atoms with Crippen LogP contribution in [0.2, 0.25) is 5.02 Å². The minimum Gasteiger partial charge on any atom is -0.345 e. The van der Waals surface area contributed by atoms with Crippen LogP contribution in [0.3, 0.4) is 0 Å². The topological polar surface area (TPSA) is 77.6 Å². The average molecular weight is 399 g/mol. The third kappa shape index (κ3) is 3.67. The summed E-state index contributed by atoms with van der Waals surface area (Å²) in [4.78, 5) is 12.8. The van der Waals surface area contributed by atoms with Crippen molar-refractivity contribution in [1.29, 1.82) is 0 Å². The second-order valence-corrected chi connectivity index (χ2v) is 7.36. The maximum atomic E-state index is 12.8. The summed E-state index contributed by atoms with van der Waals surface area (Å²) >= 11 is 6.10. The summed E-state index contributed by atoms with van der Waals surface area (Å²) in [6.07, 6.45) is 6.71. The molecule has 0 atom stereocenters. The molecule has 0 fully saturated rings. The van der Waals surface area contributed by atoms with Gasteiger partial charge in [-0.2, -0.15) is 5.10 Å². The largest absolute Gasteiger partial charge is 0.345 e. The maximum absolute atomic E-state index is 12.8. The first kappa shape index (κ1) is 18.7. The van der Waals surface area contributed by atoms with E-state index in [4.69, 9.17) is 11.6 Å². The summed E-state index contributed by atoms with van der Waals surface area (Å²) in [5.74, 6) is 1.67. The number of aryl methyl sites for hydroxylation is 1. The molecule has 2 aromatic heterocycles. The number of halogens is 1. The van der Waals surface area contributed by atoms with Crippen LogP contribution in [-0.2, 0) is 25.9 Å². The first-order chi connectivity index (χ1) is 13.7. The van der Waals surface area contributed by atoms with Crippen molar-refractivity contribution in [2.45, 2.75) is 52.1 Å². The highest BCUT2D eigenvalue weighted by Gasteiger charge is 2.19. The summed E-state index contributed by atoms with van der Waals surface area (Å²) in [5, 5.41) is 16.6. The Morgan fingerprint density at radius 3 is 2.96 bits per heavy atom. The predicted octanol–water partition coefficient (Wildman–Crippen LogP) is 3.34. The van der Waals surface area contributed by atoms with Gasteiger partial charge in [-0.3, -0.25) is 4.79 Å². The summed E-state index contributed by atoms with van der Waals surface area (Å²) in [6, 6.07) is 7.44. The van der Waals surface area contributed by atoms with Gasteiger partial charge in [-0.1, -0.05) is 31.0 Å². The number of benzene rings is 1. The highest BCUT2D eigenvalue weighted by atomic mass is 35.5. The number of nitrogens with zero attached hydrogens (tertiary/aromatic N) is 5. The van der Waals surface area contributed by atoms with E-state index in [1.165, 1.54) is 6.42 Å². The molecule has 4 rings (SSSR count). The molecule has 28 heavy (non-hydrogen) atoms. The number of nitrogens with one attached hydrogen (secondary N) is 1. The van der Waals surface area contributed by atoms with Crippen molar-refractivity contribution in [3.05, 3.63) is 58.4 Å². The van der Waals surface area contributed by atoms with Crippen molar-refractivity contribution >= 4 is 17.5 Å². The highest BCUT2D eigenvalue weighted by Crippen LogP contribution is 2.19. The van der Waals surface area contributed by atoms with Gasteiger partial charge in [0.05, 0.1) is 29.7 Å². The molecule has 0 saturated carbocycles. The minimum absolute atomic E-state index is 0.156. The third-order valence-electron chi connectivity index (χ3n) is 5.09. The number of amides is 1. The fourth-order valence-corrected chi connectivity index (χ4v) is 3.85. The van der Waals surface area contributed by atoms with Gasteiger partial charge in [-0.25, -0.2) is 4.68 Å². The average Bonchev–Trinajstić information content (AvgIpc) is 3.23. The zero-order chi connectivity index (χ0) is 19.5. The standard InChI is InChI=1S/C20H23ClN6O/c1-2-17-16(12-23-27(17)15-8-6-7-14(21)11-15)20(28)22-13-19-25-24-18-9-4-3-5-10-26(18)19/h6-8,11-12H,2-5,9-10,13H2,1H3,(H,22,28). The van der Waals surface area contributed by atoms with Crippen LogP contribution in [0.15, 0.2) is 30.5 Å². The van der Waals surface area contributed by atoms with Crippen LogP contribution < -0.4 is 5.32 Å². The molecule has 1 N–H and O–H groups in total. The van der Waals surface area contributed by atoms with Crippen LogP contribution in [0.4, 0.5) is 0 Å². The van der Waals surface area contributed by atoms with Crippen molar-refractivity contribution < 1.29 is 4.79 Å². The Labute approximate surface area is 168 Å². The first-order valence-corrected chi connectivity index (χ1v) is 10.1. The van der Waals surface area contributed by atoms with E-state index >= 15 is 0 Å². The Morgan fingerprint density at radius 2 is 2.14 bits per heavy atom. The Bertz CT molecular complexity index is 992. The summed E-state index contributed by atoms with van der Waals surface area (Å²) in [6.45, 7) is 3.28. The quantitative estimate of drug-likeness (QED) is 0.715. The second kappa shape index (κ2) is 8.14. The first-order valence-electron chi connectivity index (χ1n) is 9.69. The molecular formula is C20H23ClN6O. The van der Waals surface area contributed by atoms with Crippen LogP contribution in [0.1, 0.15) is 53.9 Å². The summed E-state index contributed by atoms with van der Waals surface area (Å²) < 4.78 is 3.91. The van der Waals surface area contributed by atoms with E-state index in [1.807, 2.05) is 31.2 Å². The van der Waals surface area contributed by atoms with Crippen molar-refractivity contribution in [3.63, 3.8) is 0 Å². The van der Waals surface area contributed by atoms with Crippen molar-refractivity contribution in [3.8, 4) is 5.69 Å². The van der Waals surface area contributed by atoms with Gasteiger partial charge in [0.2, 0.25) is 0 Å². The molecule has 0 aliphatic carbocycles. The van der Waals surface area contributed by atoms with Gasteiger partial charge in [0, 0.05) is 18.0 Å². The monoisotopic (exact) mass is 398 g/mol. The van der Waals surface area contributed by atoms with E-state index < -0.39 is 0 Å². The van der Waals surface area contributed by atoms with Crippen LogP contribution in [0, 0.1) is 0 Å². The molecule has 0 saturated heterocycles. The maximum Gasteiger partial charge on any atom is 0.255 e. The zero-order valence-electron chi connectivity index (χ0n) is 15.9. The van der Waals surface area contributed by atoms with E-state index in [-0.39, 0.29) is 5.91 Å². The normalized spacial score (nSPS) is 13.8. The molecule has 0 spiro atoms. The second-order valence-electron chi connectivity index (χ2n) is 6.93.